The summed E-state index contributed by atoms with van der Waals surface area (Å²) in [4.78, 5) is 23.9. The summed E-state index contributed by atoms with van der Waals surface area (Å²) in [5, 5.41) is 7.55. The first-order chi connectivity index (χ1) is 15.5. The molecule has 0 atom stereocenters. The molecule has 6 heteroatoms. The van der Waals surface area contributed by atoms with E-state index < -0.39 is 5.91 Å². The van der Waals surface area contributed by atoms with Gasteiger partial charge in [0.2, 0.25) is 11.8 Å². The normalized spacial score (nSPS) is 10.9. The molecule has 32 heavy (non-hydrogen) atoms. The van der Waals surface area contributed by atoms with Crippen molar-refractivity contribution in [2.75, 3.05) is 5.32 Å². The molecule has 0 saturated carbocycles. The predicted octanol–water partition coefficient (Wildman–Crippen LogP) is 4.60. The zero-order valence-electron chi connectivity index (χ0n) is 17.5. The summed E-state index contributed by atoms with van der Waals surface area (Å²) in [5.41, 5.74) is 10.5. The molecule has 6 nitrogen and oxygen atoms in total. The molecule has 0 fully saturated rings. The van der Waals surface area contributed by atoms with Crippen molar-refractivity contribution in [1.82, 2.24) is 9.78 Å². The fraction of sp³-hybridized carbons (Fsp3) is 0.0385. The Labute approximate surface area is 186 Å². The van der Waals surface area contributed by atoms with Gasteiger partial charge in [0.25, 0.3) is 0 Å². The second kappa shape index (κ2) is 9.14. The van der Waals surface area contributed by atoms with E-state index in [4.69, 9.17) is 10.8 Å². The van der Waals surface area contributed by atoms with Gasteiger partial charge in [-0.05, 0) is 48.9 Å². The molecule has 158 valence electrons. The molecular weight excluding hydrogens is 400 g/mol. The Balaban J connectivity index is 1.60. The fourth-order valence-electron chi connectivity index (χ4n) is 3.41. The van der Waals surface area contributed by atoms with Crippen LogP contribution in [-0.4, -0.2) is 21.6 Å². The molecule has 0 radical (unpaired) electrons. The van der Waals surface area contributed by atoms with Gasteiger partial charge in [-0.3, -0.25) is 9.59 Å². The third-order valence-corrected chi connectivity index (χ3v) is 4.98. The van der Waals surface area contributed by atoms with Crippen molar-refractivity contribution in [1.29, 1.82) is 0 Å². The lowest BCUT2D eigenvalue weighted by molar-refractivity contribution is -0.111. The van der Waals surface area contributed by atoms with Crippen molar-refractivity contribution in [3.05, 3.63) is 108 Å². The molecule has 3 N–H and O–H groups in total. The third kappa shape index (κ3) is 4.65. The highest BCUT2D eigenvalue weighted by Gasteiger charge is 2.11. The van der Waals surface area contributed by atoms with Crippen molar-refractivity contribution >= 4 is 23.6 Å². The summed E-state index contributed by atoms with van der Waals surface area (Å²) in [6.07, 6.45) is 5.11. The maximum Gasteiger partial charge on any atom is 0.248 e. The van der Waals surface area contributed by atoms with Gasteiger partial charge >= 0.3 is 0 Å². The number of aryl methyl sites for hydroxylation is 1. The van der Waals surface area contributed by atoms with E-state index in [1.807, 2.05) is 66.9 Å². The average Bonchev–Trinajstić information content (AvgIpc) is 3.23. The molecule has 0 unspecified atom stereocenters. The van der Waals surface area contributed by atoms with Gasteiger partial charge in [0.1, 0.15) is 0 Å². The Kier molecular flexibility index (Phi) is 5.94. The van der Waals surface area contributed by atoms with Crippen LogP contribution in [0.25, 0.3) is 23.0 Å². The number of hydrogen-bond donors (Lipinski definition) is 2. The highest BCUT2D eigenvalue weighted by atomic mass is 16.1. The molecule has 2 amide bonds. The van der Waals surface area contributed by atoms with E-state index in [0.29, 0.717) is 16.8 Å². The van der Waals surface area contributed by atoms with Crippen LogP contribution in [0.5, 0.6) is 0 Å². The van der Waals surface area contributed by atoms with Crippen LogP contribution in [0.3, 0.4) is 0 Å². The van der Waals surface area contributed by atoms with E-state index in [1.54, 1.807) is 35.9 Å². The molecule has 4 aromatic rings. The SMILES string of the molecule is Cc1cc(NC(=O)/C=C/c2cn(-c3ccccc3)nc2-c2ccccc2)ccc1C(N)=O. The number of primary amides is 1. The number of nitrogens with two attached hydrogens (primary N) is 1. The summed E-state index contributed by atoms with van der Waals surface area (Å²) in [6.45, 7) is 1.77. The molecule has 0 spiro atoms. The molecule has 0 aliphatic rings. The first-order valence-electron chi connectivity index (χ1n) is 10.1. The van der Waals surface area contributed by atoms with Gasteiger partial charge in [0.05, 0.1) is 11.4 Å². The van der Waals surface area contributed by atoms with E-state index in [1.165, 1.54) is 6.08 Å². The zero-order valence-corrected chi connectivity index (χ0v) is 17.5. The van der Waals surface area contributed by atoms with Crippen molar-refractivity contribution in [3.63, 3.8) is 0 Å². The monoisotopic (exact) mass is 422 g/mol. The van der Waals surface area contributed by atoms with Crippen LogP contribution in [0.2, 0.25) is 0 Å². The Morgan fingerprint density at radius 2 is 1.66 bits per heavy atom. The van der Waals surface area contributed by atoms with Crippen LogP contribution >= 0.6 is 0 Å². The Hall–Kier alpha value is -4.45. The highest BCUT2D eigenvalue weighted by Crippen LogP contribution is 2.25. The minimum atomic E-state index is -0.496. The summed E-state index contributed by atoms with van der Waals surface area (Å²) < 4.78 is 1.80. The Bertz CT molecular complexity index is 1290. The summed E-state index contributed by atoms with van der Waals surface area (Å²) >= 11 is 0. The minimum Gasteiger partial charge on any atom is -0.366 e. The number of aromatic nitrogens is 2. The lowest BCUT2D eigenvalue weighted by atomic mass is 10.1. The molecule has 0 aliphatic heterocycles. The number of hydrogen-bond acceptors (Lipinski definition) is 3. The largest absolute Gasteiger partial charge is 0.366 e. The first-order valence-corrected chi connectivity index (χ1v) is 10.1. The van der Waals surface area contributed by atoms with Gasteiger partial charge in [-0.2, -0.15) is 5.10 Å². The number of anilines is 1. The van der Waals surface area contributed by atoms with Crippen LogP contribution in [-0.2, 0) is 4.79 Å². The van der Waals surface area contributed by atoms with Gasteiger partial charge < -0.3 is 11.1 Å². The van der Waals surface area contributed by atoms with Crippen molar-refractivity contribution in [3.8, 4) is 16.9 Å². The Morgan fingerprint density at radius 1 is 0.969 bits per heavy atom. The second-order valence-corrected chi connectivity index (χ2v) is 7.30. The van der Waals surface area contributed by atoms with Crippen LogP contribution in [0.4, 0.5) is 5.69 Å². The summed E-state index contributed by atoms with van der Waals surface area (Å²) in [5.74, 6) is -0.785. The molecule has 0 bridgehead atoms. The molecule has 0 saturated heterocycles. The lowest BCUT2D eigenvalue weighted by Gasteiger charge is -2.06. The lowest BCUT2D eigenvalue weighted by Crippen LogP contribution is -2.13. The van der Waals surface area contributed by atoms with E-state index in [2.05, 4.69) is 5.32 Å². The molecule has 0 aliphatic carbocycles. The number of carbonyl (C=O) groups excluding carboxylic acids is 2. The fourth-order valence-corrected chi connectivity index (χ4v) is 3.41. The van der Waals surface area contributed by atoms with Gasteiger partial charge in [-0.15, -0.1) is 0 Å². The number of nitrogens with zero attached hydrogens (tertiary/aromatic N) is 2. The van der Waals surface area contributed by atoms with Gasteiger partial charge in [0.15, 0.2) is 0 Å². The molecule has 1 heterocycles. The number of rotatable bonds is 6. The molecule has 4 rings (SSSR count). The van der Waals surface area contributed by atoms with Crippen LogP contribution in [0.1, 0.15) is 21.5 Å². The number of benzene rings is 3. The first kappa shape index (κ1) is 20.8. The van der Waals surface area contributed by atoms with Crippen LogP contribution < -0.4 is 11.1 Å². The highest BCUT2D eigenvalue weighted by molar-refractivity contribution is 6.03. The maximum atomic E-state index is 12.5. The second-order valence-electron chi connectivity index (χ2n) is 7.30. The van der Waals surface area contributed by atoms with E-state index in [9.17, 15) is 9.59 Å². The number of amides is 2. The van der Waals surface area contributed by atoms with Crippen LogP contribution in [0, 0.1) is 6.92 Å². The number of carbonyl (C=O) groups is 2. The van der Waals surface area contributed by atoms with Gasteiger partial charge in [-0.25, -0.2) is 4.68 Å². The molecule has 3 aromatic carbocycles. The Morgan fingerprint density at radius 3 is 2.31 bits per heavy atom. The van der Waals surface area contributed by atoms with Crippen molar-refractivity contribution in [2.45, 2.75) is 6.92 Å². The number of para-hydroxylation sites is 1. The third-order valence-electron chi connectivity index (χ3n) is 4.98. The van der Waals surface area contributed by atoms with E-state index >= 15 is 0 Å². The minimum absolute atomic E-state index is 0.289. The van der Waals surface area contributed by atoms with Gasteiger partial charge in [0, 0.05) is 34.7 Å². The summed E-state index contributed by atoms with van der Waals surface area (Å²) in [7, 11) is 0. The van der Waals surface area contributed by atoms with E-state index in [0.717, 1.165) is 22.5 Å². The predicted molar refractivity (Wildman–Crippen MR) is 126 cm³/mol. The number of nitrogens with one attached hydrogen (secondary N) is 1. The van der Waals surface area contributed by atoms with E-state index in [-0.39, 0.29) is 5.91 Å². The topological polar surface area (TPSA) is 90.0 Å². The van der Waals surface area contributed by atoms with Crippen molar-refractivity contribution in [2.24, 2.45) is 5.73 Å². The average molecular weight is 422 g/mol. The molecular formula is C26H22N4O2. The zero-order chi connectivity index (χ0) is 22.5. The van der Waals surface area contributed by atoms with Crippen LogP contribution in [0.15, 0.2) is 91.1 Å². The van der Waals surface area contributed by atoms with Gasteiger partial charge in [-0.1, -0.05) is 48.5 Å². The molecule has 1 aromatic heterocycles. The maximum absolute atomic E-state index is 12.5. The van der Waals surface area contributed by atoms with Crippen molar-refractivity contribution < 1.29 is 9.59 Å². The summed E-state index contributed by atoms with van der Waals surface area (Å²) in [6, 6.07) is 24.6. The smallest absolute Gasteiger partial charge is 0.248 e. The quantitative estimate of drug-likeness (QED) is 0.445. The standard InChI is InChI=1S/C26H22N4O2/c1-18-16-21(13-14-23(18)26(27)32)28-24(31)15-12-20-17-30(22-10-6-3-7-11-22)29-25(20)19-8-4-2-5-9-19/h2-17H,1H3,(H2,27,32)(H,28,31)/b15-12+.